The fourth-order valence-electron chi connectivity index (χ4n) is 2.13. The van der Waals surface area contributed by atoms with Crippen molar-refractivity contribution in [1.82, 2.24) is 4.90 Å². The standard InChI is InChI=1S/C9H14BrNO3/c1-9(5-10)8(13)11-4-2-3-6(11)7(12)14-9/h6,8,13H,2-5H2,1H3/t6-,8?,9-/m1/s1. The van der Waals surface area contributed by atoms with Crippen LogP contribution in [0.15, 0.2) is 0 Å². The average molecular weight is 264 g/mol. The first kappa shape index (κ1) is 10.4. The number of aliphatic hydroxyl groups is 1. The number of morpholine rings is 1. The third-order valence-corrected chi connectivity index (χ3v) is 4.14. The highest BCUT2D eigenvalue weighted by Crippen LogP contribution is 2.34. The molecule has 2 aliphatic heterocycles. The number of aliphatic hydroxyl groups excluding tert-OH is 1. The molecule has 0 aromatic heterocycles. The Morgan fingerprint density at radius 3 is 3.14 bits per heavy atom. The van der Waals surface area contributed by atoms with Gasteiger partial charge in [0.05, 0.1) is 0 Å². The molecule has 2 rings (SSSR count). The summed E-state index contributed by atoms with van der Waals surface area (Å²) in [7, 11) is 0. The molecule has 3 atom stereocenters. The molecule has 2 saturated heterocycles. The van der Waals surface area contributed by atoms with Crippen LogP contribution in [0.3, 0.4) is 0 Å². The van der Waals surface area contributed by atoms with E-state index in [0.717, 1.165) is 19.4 Å². The zero-order valence-electron chi connectivity index (χ0n) is 8.07. The Morgan fingerprint density at radius 1 is 1.79 bits per heavy atom. The summed E-state index contributed by atoms with van der Waals surface area (Å²) in [6.07, 6.45) is 1.07. The first-order chi connectivity index (χ1) is 6.58. The normalized spacial score (nSPS) is 43.5. The van der Waals surface area contributed by atoms with Crippen LogP contribution >= 0.6 is 15.9 Å². The summed E-state index contributed by atoms with van der Waals surface area (Å²) in [5, 5.41) is 10.5. The largest absolute Gasteiger partial charge is 0.453 e. The smallest absolute Gasteiger partial charge is 0.324 e. The molecule has 0 spiro atoms. The van der Waals surface area contributed by atoms with Crippen molar-refractivity contribution in [3.8, 4) is 0 Å². The number of esters is 1. The zero-order chi connectivity index (χ0) is 10.3. The molecule has 2 heterocycles. The Kier molecular flexibility index (Phi) is 2.57. The highest BCUT2D eigenvalue weighted by molar-refractivity contribution is 9.09. The molecule has 80 valence electrons. The minimum absolute atomic E-state index is 0.199. The summed E-state index contributed by atoms with van der Waals surface area (Å²) in [6, 6.07) is -0.225. The van der Waals surface area contributed by atoms with Gasteiger partial charge in [-0.2, -0.15) is 0 Å². The summed E-state index contributed by atoms with van der Waals surface area (Å²) in [5.41, 5.74) is -0.808. The van der Waals surface area contributed by atoms with Crippen molar-refractivity contribution in [3.05, 3.63) is 0 Å². The van der Waals surface area contributed by atoms with Crippen molar-refractivity contribution in [2.24, 2.45) is 0 Å². The number of carbonyl (C=O) groups is 1. The van der Waals surface area contributed by atoms with Gasteiger partial charge in [-0.15, -0.1) is 0 Å². The van der Waals surface area contributed by atoms with Gasteiger partial charge >= 0.3 is 5.97 Å². The lowest BCUT2D eigenvalue weighted by molar-refractivity contribution is -0.215. The van der Waals surface area contributed by atoms with Crippen molar-refractivity contribution in [2.45, 2.75) is 37.6 Å². The van der Waals surface area contributed by atoms with Crippen LogP contribution in [-0.2, 0) is 9.53 Å². The van der Waals surface area contributed by atoms with Crippen molar-refractivity contribution in [1.29, 1.82) is 0 Å². The molecule has 0 radical (unpaired) electrons. The van der Waals surface area contributed by atoms with Crippen LogP contribution in [0.4, 0.5) is 0 Å². The molecule has 5 heteroatoms. The van der Waals surface area contributed by atoms with Crippen molar-refractivity contribution in [2.75, 3.05) is 11.9 Å². The molecule has 0 saturated carbocycles. The predicted octanol–water partition coefficient (Wildman–Crippen LogP) is 0.480. The third kappa shape index (κ3) is 1.38. The van der Waals surface area contributed by atoms with E-state index in [4.69, 9.17) is 4.74 Å². The van der Waals surface area contributed by atoms with Crippen LogP contribution in [0.1, 0.15) is 19.8 Å². The quantitative estimate of drug-likeness (QED) is 0.553. The molecule has 2 aliphatic rings. The van der Waals surface area contributed by atoms with Gasteiger partial charge in [-0.25, -0.2) is 0 Å². The molecule has 4 nitrogen and oxygen atoms in total. The van der Waals surface area contributed by atoms with Gasteiger partial charge in [-0.05, 0) is 19.8 Å². The van der Waals surface area contributed by atoms with E-state index in [1.165, 1.54) is 0 Å². The summed E-state index contributed by atoms with van der Waals surface area (Å²) in [5.74, 6) is -0.199. The predicted molar refractivity (Wildman–Crippen MR) is 54.0 cm³/mol. The second-order valence-electron chi connectivity index (χ2n) is 4.14. The lowest BCUT2D eigenvalue weighted by atomic mass is 10.0. The molecule has 1 unspecified atom stereocenters. The Hall–Kier alpha value is -0.130. The summed E-state index contributed by atoms with van der Waals surface area (Å²) in [6.45, 7) is 2.53. The van der Waals surface area contributed by atoms with Crippen LogP contribution in [0.5, 0.6) is 0 Å². The number of alkyl halides is 1. The van der Waals surface area contributed by atoms with Crippen LogP contribution in [0.2, 0.25) is 0 Å². The number of hydrogen-bond acceptors (Lipinski definition) is 4. The van der Waals surface area contributed by atoms with Crippen molar-refractivity contribution < 1.29 is 14.6 Å². The van der Waals surface area contributed by atoms with Gasteiger partial charge in [0, 0.05) is 11.9 Å². The van der Waals surface area contributed by atoms with Crippen LogP contribution in [0.25, 0.3) is 0 Å². The monoisotopic (exact) mass is 263 g/mol. The Bertz CT molecular complexity index is 260. The van der Waals surface area contributed by atoms with Gasteiger partial charge in [-0.1, -0.05) is 15.9 Å². The maximum absolute atomic E-state index is 11.6. The molecule has 0 aromatic carbocycles. The molecule has 1 N–H and O–H groups in total. The van der Waals surface area contributed by atoms with Gasteiger partial charge in [0.25, 0.3) is 0 Å². The SMILES string of the molecule is C[C@]1(CBr)OC(=O)[C@H]2CCCN2C1O. The van der Waals surface area contributed by atoms with E-state index < -0.39 is 11.8 Å². The van der Waals surface area contributed by atoms with Crippen molar-refractivity contribution >= 4 is 21.9 Å². The molecule has 0 amide bonds. The van der Waals surface area contributed by atoms with E-state index in [0.29, 0.717) is 5.33 Å². The Balaban J connectivity index is 2.24. The molecule has 14 heavy (non-hydrogen) atoms. The third-order valence-electron chi connectivity index (χ3n) is 3.03. The molecule has 2 fully saturated rings. The van der Waals surface area contributed by atoms with Gasteiger partial charge in [-0.3, -0.25) is 9.69 Å². The van der Waals surface area contributed by atoms with E-state index >= 15 is 0 Å². The highest BCUT2D eigenvalue weighted by atomic mass is 79.9. The fraction of sp³-hybridized carbons (Fsp3) is 0.889. The van der Waals surface area contributed by atoms with Gasteiger partial charge < -0.3 is 9.84 Å². The summed E-state index contributed by atoms with van der Waals surface area (Å²) < 4.78 is 5.27. The summed E-state index contributed by atoms with van der Waals surface area (Å²) in [4.78, 5) is 13.4. The van der Waals surface area contributed by atoms with E-state index in [-0.39, 0.29) is 12.0 Å². The lowest BCUT2D eigenvalue weighted by Crippen LogP contribution is -2.63. The second kappa shape index (κ2) is 3.47. The van der Waals surface area contributed by atoms with Gasteiger partial charge in [0.2, 0.25) is 0 Å². The Labute approximate surface area is 91.3 Å². The lowest BCUT2D eigenvalue weighted by Gasteiger charge is -2.44. The molecular formula is C9H14BrNO3. The van der Waals surface area contributed by atoms with E-state index in [9.17, 15) is 9.90 Å². The molecule has 0 bridgehead atoms. The number of carbonyl (C=O) groups excluding carboxylic acids is 1. The minimum atomic E-state index is -0.808. The van der Waals surface area contributed by atoms with Crippen LogP contribution < -0.4 is 0 Å². The zero-order valence-corrected chi connectivity index (χ0v) is 9.66. The number of rotatable bonds is 1. The topological polar surface area (TPSA) is 49.8 Å². The molecular weight excluding hydrogens is 250 g/mol. The number of fused-ring (bicyclic) bond motifs is 1. The van der Waals surface area contributed by atoms with E-state index in [1.54, 1.807) is 6.92 Å². The molecule has 0 aliphatic carbocycles. The van der Waals surface area contributed by atoms with Crippen LogP contribution in [0, 0.1) is 0 Å². The van der Waals surface area contributed by atoms with Gasteiger partial charge in [0.15, 0.2) is 5.60 Å². The van der Waals surface area contributed by atoms with E-state index in [1.807, 2.05) is 4.90 Å². The van der Waals surface area contributed by atoms with Gasteiger partial charge in [0.1, 0.15) is 12.3 Å². The number of ether oxygens (including phenoxy) is 1. The fourth-order valence-corrected chi connectivity index (χ4v) is 2.54. The minimum Gasteiger partial charge on any atom is -0.453 e. The second-order valence-corrected chi connectivity index (χ2v) is 4.70. The Morgan fingerprint density at radius 2 is 2.50 bits per heavy atom. The summed E-state index contributed by atoms with van der Waals surface area (Å²) >= 11 is 3.27. The molecule has 0 aromatic rings. The van der Waals surface area contributed by atoms with Crippen LogP contribution in [-0.4, -0.2) is 45.7 Å². The number of cyclic esters (lactones) is 1. The average Bonchev–Trinajstić information content (AvgIpc) is 2.63. The van der Waals surface area contributed by atoms with Crippen molar-refractivity contribution in [3.63, 3.8) is 0 Å². The maximum atomic E-state index is 11.6. The number of nitrogens with zero attached hydrogens (tertiary/aromatic N) is 1. The number of halogens is 1. The first-order valence-electron chi connectivity index (χ1n) is 4.81. The highest BCUT2D eigenvalue weighted by Gasteiger charge is 2.51. The van der Waals surface area contributed by atoms with E-state index in [2.05, 4.69) is 15.9 Å². The maximum Gasteiger partial charge on any atom is 0.324 e. The first-order valence-corrected chi connectivity index (χ1v) is 5.93. The number of hydrogen-bond donors (Lipinski definition) is 1.